The largest absolute Gasteiger partial charge is 0.261 e. The van der Waals surface area contributed by atoms with Crippen molar-refractivity contribution in [1.82, 2.24) is 4.98 Å². The maximum atomic E-state index is 4.62. The van der Waals surface area contributed by atoms with E-state index in [1.807, 2.05) is 12.3 Å². The van der Waals surface area contributed by atoms with Crippen LogP contribution < -0.4 is 0 Å². The third-order valence-corrected chi connectivity index (χ3v) is 6.38. The van der Waals surface area contributed by atoms with Crippen LogP contribution in [-0.2, 0) is 0 Å². The molecule has 0 amide bonds. The zero-order chi connectivity index (χ0) is 14.4. The average Bonchev–Trinajstić information content (AvgIpc) is 2.45. The van der Waals surface area contributed by atoms with Gasteiger partial charge in [0.2, 0.25) is 0 Å². The third kappa shape index (κ3) is 2.40. The molecular weight excluding hydrogens is 242 g/mol. The zero-order valence-electron chi connectivity index (χ0n) is 13.5. The number of hydrogen-bond donors (Lipinski definition) is 0. The van der Waals surface area contributed by atoms with Crippen molar-refractivity contribution in [2.45, 2.75) is 65.7 Å². The summed E-state index contributed by atoms with van der Waals surface area (Å²) in [6.07, 6.45) is 8.81. The van der Waals surface area contributed by atoms with Gasteiger partial charge in [-0.1, -0.05) is 33.8 Å². The molecule has 2 saturated carbocycles. The Morgan fingerprint density at radius 1 is 0.950 bits per heavy atom. The Morgan fingerprint density at radius 3 is 2.30 bits per heavy atom. The molecule has 0 radical (unpaired) electrons. The van der Waals surface area contributed by atoms with Crippen LogP contribution in [0, 0.1) is 22.7 Å². The van der Waals surface area contributed by atoms with E-state index in [0.717, 1.165) is 11.8 Å². The van der Waals surface area contributed by atoms with Crippen molar-refractivity contribution in [3.8, 4) is 0 Å². The Balaban J connectivity index is 1.84. The molecule has 0 N–H and O–H groups in total. The van der Waals surface area contributed by atoms with E-state index in [4.69, 9.17) is 0 Å². The van der Waals surface area contributed by atoms with Crippen molar-refractivity contribution in [3.05, 3.63) is 30.1 Å². The van der Waals surface area contributed by atoms with Crippen molar-refractivity contribution in [2.24, 2.45) is 22.7 Å². The molecule has 1 aromatic rings. The molecular formula is C19H29N. The average molecular weight is 271 g/mol. The van der Waals surface area contributed by atoms with Gasteiger partial charge in [0.25, 0.3) is 0 Å². The topological polar surface area (TPSA) is 12.9 Å². The fourth-order valence-corrected chi connectivity index (χ4v) is 4.87. The predicted molar refractivity (Wildman–Crippen MR) is 84.6 cm³/mol. The number of pyridine rings is 1. The second kappa shape index (κ2) is 4.86. The van der Waals surface area contributed by atoms with Crippen LogP contribution in [0.5, 0.6) is 0 Å². The van der Waals surface area contributed by atoms with Gasteiger partial charge in [-0.15, -0.1) is 0 Å². The first-order valence-electron chi connectivity index (χ1n) is 8.31. The normalized spacial score (nSPS) is 35.3. The van der Waals surface area contributed by atoms with Crippen LogP contribution in [0.25, 0.3) is 0 Å². The van der Waals surface area contributed by atoms with Gasteiger partial charge in [-0.2, -0.15) is 0 Å². The van der Waals surface area contributed by atoms with Gasteiger partial charge in [-0.25, -0.2) is 0 Å². The Hall–Kier alpha value is -0.850. The lowest BCUT2D eigenvalue weighted by Gasteiger charge is -2.56. The molecule has 0 spiro atoms. The van der Waals surface area contributed by atoms with Crippen LogP contribution in [0.3, 0.4) is 0 Å². The summed E-state index contributed by atoms with van der Waals surface area (Å²) < 4.78 is 0. The summed E-state index contributed by atoms with van der Waals surface area (Å²) in [7, 11) is 0. The highest BCUT2D eigenvalue weighted by molar-refractivity contribution is 5.13. The lowest BCUT2D eigenvalue weighted by atomic mass is 9.49. The summed E-state index contributed by atoms with van der Waals surface area (Å²) in [6, 6.07) is 6.40. The van der Waals surface area contributed by atoms with Gasteiger partial charge in [0.15, 0.2) is 0 Å². The van der Waals surface area contributed by atoms with Crippen molar-refractivity contribution in [3.63, 3.8) is 0 Å². The van der Waals surface area contributed by atoms with E-state index >= 15 is 0 Å². The van der Waals surface area contributed by atoms with Gasteiger partial charge >= 0.3 is 0 Å². The standard InChI is InChI=1S/C19H29N/c1-18(2)10-11-19(3,4)16-13-14(8-9-15(16)18)17-7-5-6-12-20-17/h5-7,12,14-16H,8-11,13H2,1-4H3. The molecule has 1 heteroatoms. The van der Waals surface area contributed by atoms with E-state index in [0.29, 0.717) is 16.7 Å². The molecule has 0 bridgehead atoms. The second-order valence-corrected chi connectivity index (χ2v) is 8.45. The van der Waals surface area contributed by atoms with Crippen LogP contribution in [0.2, 0.25) is 0 Å². The molecule has 1 aromatic heterocycles. The Kier molecular flexibility index (Phi) is 3.43. The number of nitrogens with zero attached hydrogens (tertiary/aromatic N) is 1. The Bertz CT molecular complexity index is 460. The summed E-state index contributed by atoms with van der Waals surface area (Å²) in [5.41, 5.74) is 2.37. The molecule has 3 atom stereocenters. The van der Waals surface area contributed by atoms with E-state index in [2.05, 4.69) is 44.8 Å². The highest BCUT2D eigenvalue weighted by atomic mass is 14.7. The minimum atomic E-state index is 0.508. The van der Waals surface area contributed by atoms with Crippen LogP contribution >= 0.6 is 0 Å². The van der Waals surface area contributed by atoms with E-state index in [1.54, 1.807) is 0 Å². The van der Waals surface area contributed by atoms with E-state index < -0.39 is 0 Å². The zero-order valence-corrected chi connectivity index (χ0v) is 13.5. The number of hydrogen-bond acceptors (Lipinski definition) is 1. The van der Waals surface area contributed by atoms with Crippen molar-refractivity contribution in [1.29, 1.82) is 0 Å². The van der Waals surface area contributed by atoms with Crippen molar-refractivity contribution in [2.75, 3.05) is 0 Å². The van der Waals surface area contributed by atoms with Gasteiger partial charge in [-0.05, 0) is 66.9 Å². The Morgan fingerprint density at radius 2 is 1.65 bits per heavy atom. The Labute approximate surface area is 124 Å². The smallest absolute Gasteiger partial charge is 0.0434 e. The van der Waals surface area contributed by atoms with Gasteiger partial charge in [0, 0.05) is 17.8 Å². The highest BCUT2D eigenvalue weighted by Crippen LogP contribution is 2.59. The fourth-order valence-electron chi connectivity index (χ4n) is 4.87. The summed E-state index contributed by atoms with van der Waals surface area (Å²) in [4.78, 5) is 4.62. The molecule has 0 saturated heterocycles. The molecule has 20 heavy (non-hydrogen) atoms. The van der Waals surface area contributed by atoms with E-state index in [1.165, 1.54) is 37.8 Å². The molecule has 0 aromatic carbocycles. The lowest BCUT2D eigenvalue weighted by molar-refractivity contribution is -0.0501. The van der Waals surface area contributed by atoms with Crippen LogP contribution in [0.15, 0.2) is 24.4 Å². The quantitative estimate of drug-likeness (QED) is 0.664. The summed E-state index contributed by atoms with van der Waals surface area (Å²) in [6.45, 7) is 10.0. The van der Waals surface area contributed by atoms with Crippen molar-refractivity contribution >= 4 is 0 Å². The summed E-state index contributed by atoms with van der Waals surface area (Å²) in [5.74, 6) is 2.46. The number of aromatic nitrogens is 1. The van der Waals surface area contributed by atoms with Crippen LogP contribution in [0.1, 0.15) is 71.4 Å². The summed E-state index contributed by atoms with van der Waals surface area (Å²) >= 11 is 0. The highest BCUT2D eigenvalue weighted by Gasteiger charge is 2.49. The molecule has 3 rings (SSSR count). The minimum Gasteiger partial charge on any atom is -0.261 e. The molecule has 2 fully saturated rings. The predicted octanol–water partition coefficient (Wildman–Crippen LogP) is 5.43. The lowest BCUT2D eigenvalue weighted by Crippen LogP contribution is -2.46. The SMILES string of the molecule is CC1(C)CCC(C)(C)C2CC(c3ccccn3)CCC21. The summed E-state index contributed by atoms with van der Waals surface area (Å²) in [5, 5.41) is 0. The molecule has 2 aliphatic rings. The molecule has 1 heterocycles. The van der Waals surface area contributed by atoms with Crippen LogP contribution in [0.4, 0.5) is 0 Å². The number of rotatable bonds is 1. The molecule has 110 valence electrons. The van der Waals surface area contributed by atoms with E-state index in [-0.39, 0.29) is 0 Å². The van der Waals surface area contributed by atoms with Gasteiger partial charge < -0.3 is 0 Å². The second-order valence-electron chi connectivity index (χ2n) is 8.45. The maximum Gasteiger partial charge on any atom is 0.0434 e. The third-order valence-electron chi connectivity index (χ3n) is 6.38. The molecule has 2 aliphatic carbocycles. The molecule has 3 unspecified atom stereocenters. The first kappa shape index (κ1) is 14.1. The van der Waals surface area contributed by atoms with Crippen molar-refractivity contribution < 1.29 is 0 Å². The minimum absolute atomic E-state index is 0.508. The van der Waals surface area contributed by atoms with Gasteiger partial charge in [0.05, 0.1) is 0 Å². The van der Waals surface area contributed by atoms with E-state index in [9.17, 15) is 0 Å². The first-order chi connectivity index (χ1) is 9.40. The van der Waals surface area contributed by atoms with Gasteiger partial charge in [-0.3, -0.25) is 4.98 Å². The molecule has 1 nitrogen and oxygen atoms in total. The monoisotopic (exact) mass is 271 g/mol. The first-order valence-corrected chi connectivity index (χ1v) is 8.31. The molecule has 0 aliphatic heterocycles. The fraction of sp³-hybridized carbons (Fsp3) is 0.737. The number of fused-ring (bicyclic) bond motifs is 1. The van der Waals surface area contributed by atoms with Gasteiger partial charge in [0.1, 0.15) is 0 Å². The maximum absolute atomic E-state index is 4.62. The van der Waals surface area contributed by atoms with Crippen LogP contribution in [-0.4, -0.2) is 4.98 Å².